The maximum atomic E-state index is 11.6. The molecular formula is C14H17N3O5S2. The lowest BCUT2D eigenvalue weighted by Gasteiger charge is -2.36. The number of piperidine rings is 1. The Morgan fingerprint density at radius 2 is 2.17 bits per heavy atom. The van der Waals surface area contributed by atoms with Gasteiger partial charge in [-0.05, 0) is 18.6 Å². The number of unbranched alkanes of at least 4 members (excludes halogenated alkanes) is 1. The summed E-state index contributed by atoms with van der Waals surface area (Å²) in [6.45, 7) is 3.51. The van der Waals surface area contributed by atoms with Crippen molar-refractivity contribution >= 4 is 35.4 Å². The van der Waals surface area contributed by atoms with E-state index in [-0.39, 0.29) is 5.92 Å². The molecule has 3 fully saturated rings. The summed E-state index contributed by atoms with van der Waals surface area (Å²) in [6, 6.07) is 0. The lowest BCUT2D eigenvalue weighted by atomic mass is 9.99. The van der Waals surface area contributed by atoms with Gasteiger partial charge in [0.25, 0.3) is 5.88 Å². The van der Waals surface area contributed by atoms with Crippen LogP contribution in [0.25, 0.3) is 0 Å². The molecule has 0 N–H and O–H groups in total. The fraction of sp³-hybridized carbons (Fsp3) is 0.714. The molecule has 1 aromatic heterocycles. The van der Waals surface area contributed by atoms with Crippen molar-refractivity contribution in [2.24, 2.45) is 5.92 Å². The van der Waals surface area contributed by atoms with Crippen LogP contribution in [-0.2, 0) is 19.1 Å². The van der Waals surface area contributed by atoms with Crippen LogP contribution >= 0.6 is 23.5 Å². The predicted molar refractivity (Wildman–Crippen MR) is 84.6 cm³/mol. The first-order valence-electron chi connectivity index (χ1n) is 7.97. The van der Waals surface area contributed by atoms with E-state index in [0.29, 0.717) is 19.0 Å². The molecule has 1 aromatic rings. The van der Waals surface area contributed by atoms with E-state index in [4.69, 9.17) is 14.2 Å². The van der Waals surface area contributed by atoms with Crippen molar-refractivity contribution < 1.29 is 23.8 Å². The monoisotopic (exact) mass is 371 g/mol. The maximum Gasteiger partial charge on any atom is 0.422 e. The number of ether oxygens (including phenoxy) is 3. The Balaban J connectivity index is 1.54. The third-order valence-corrected chi connectivity index (χ3v) is 6.16. The Bertz CT molecular complexity index is 651. The van der Waals surface area contributed by atoms with Gasteiger partial charge in [-0.2, -0.15) is 4.37 Å². The van der Waals surface area contributed by atoms with E-state index in [1.54, 1.807) is 11.8 Å². The molecule has 3 atom stereocenters. The Labute approximate surface area is 147 Å². The summed E-state index contributed by atoms with van der Waals surface area (Å²) >= 11 is 2.68. The van der Waals surface area contributed by atoms with E-state index in [9.17, 15) is 9.59 Å². The summed E-state index contributed by atoms with van der Waals surface area (Å²) in [6.07, 6.45) is 2.52. The Kier molecular flexibility index (Phi) is 4.13. The zero-order valence-electron chi connectivity index (χ0n) is 13.1. The minimum atomic E-state index is -1.44. The molecule has 3 unspecified atom stereocenters. The molecule has 0 saturated carbocycles. The normalized spacial score (nSPS) is 30.0. The topological polar surface area (TPSA) is 90.9 Å². The molecule has 10 heteroatoms. The molecule has 0 amide bonds. The molecule has 0 aromatic carbocycles. The number of hydrogen-bond acceptors (Lipinski definition) is 10. The number of rotatable bonds is 6. The average Bonchev–Trinajstić information content (AvgIpc) is 3.29. The van der Waals surface area contributed by atoms with E-state index in [1.165, 1.54) is 0 Å². The first-order chi connectivity index (χ1) is 11.6. The van der Waals surface area contributed by atoms with Crippen molar-refractivity contribution in [2.75, 3.05) is 18.8 Å². The van der Waals surface area contributed by atoms with Crippen LogP contribution in [0.5, 0.6) is 5.88 Å². The lowest BCUT2D eigenvalue weighted by molar-refractivity contribution is -0.273. The quantitative estimate of drug-likeness (QED) is 0.317. The van der Waals surface area contributed by atoms with Gasteiger partial charge in [0.2, 0.25) is 0 Å². The Morgan fingerprint density at radius 3 is 2.92 bits per heavy atom. The summed E-state index contributed by atoms with van der Waals surface area (Å²) in [4.78, 5) is 25.0. The van der Waals surface area contributed by atoms with Gasteiger partial charge in [0.05, 0.1) is 11.7 Å². The number of esters is 2. The summed E-state index contributed by atoms with van der Waals surface area (Å²) < 4.78 is 25.2. The first-order valence-corrected chi connectivity index (χ1v) is 9.69. The molecule has 2 bridgehead atoms. The van der Waals surface area contributed by atoms with Crippen LogP contribution in [0.3, 0.4) is 0 Å². The number of aromatic nitrogens is 2. The second kappa shape index (κ2) is 6.16. The number of carbonyl (C=O) groups excluding carboxylic acids is 2. The molecule has 24 heavy (non-hydrogen) atoms. The van der Waals surface area contributed by atoms with Crippen LogP contribution in [0.2, 0.25) is 0 Å². The van der Waals surface area contributed by atoms with Crippen LogP contribution in [0, 0.1) is 5.92 Å². The molecule has 4 rings (SSSR count). The highest BCUT2D eigenvalue weighted by Crippen LogP contribution is 2.47. The zero-order valence-corrected chi connectivity index (χ0v) is 14.7. The van der Waals surface area contributed by atoms with Gasteiger partial charge in [-0.3, -0.25) is 0 Å². The molecule has 3 aliphatic heterocycles. The number of fused-ring (bicyclic) bond motifs is 3. The van der Waals surface area contributed by atoms with Gasteiger partial charge in [-0.1, -0.05) is 25.1 Å². The molecule has 0 aliphatic carbocycles. The van der Waals surface area contributed by atoms with E-state index in [0.717, 1.165) is 41.8 Å². The summed E-state index contributed by atoms with van der Waals surface area (Å²) in [5.41, 5.74) is 0. The fourth-order valence-corrected chi connectivity index (χ4v) is 4.96. The van der Waals surface area contributed by atoms with Crippen molar-refractivity contribution in [3.05, 3.63) is 0 Å². The second-order valence-corrected chi connectivity index (χ2v) is 7.63. The highest BCUT2D eigenvalue weighted by molar-refractivity contribution is 7.99. The highest BCUT2D eigenvalue weighted by Gasteiger charge is 2.69. The molecule has 1 spiro atoms. The van der Waals surface area contributed by atoms with Crippen molar-refractivity contribution in [3.63, 3.8) is 0 Å². The molecule has 3 aliphatic rings. The van der Waals surface area contributed by atoms with E-state index < -0.39 is 24.0 Å². The van der Waals surface area contributed by atoms with Crippen molar-refractivity contribution in [3.8, 4) is 5.88 Å². The third kappa shape index (κ3) is 2.47. The minimum absolute atomic E-state index is 0.124. The predicted octanol–water partition coefficient (Wildman–Crippen LogP) is 1.27. The van der Waals surface area contributed by atoms with Crippen LogP contribution in [0.4, 0.5) is 0 Å². The molecule has 0 radical (unpaired) electrons. The summed E-state index contributed by atoms with van der Waals surface area (Å²) in [5, 5.41) is 0.733. The molecule has 4 heterocycles. The highest BCUT2D eigenvalue weighted by atomic mass is 32.2. The third-order valence-electron chi connectivity index (χ3n) is 4.50. The van der Waals surface area contributed by atoms with Gasteiger partial charge >= 0.3 is 17.8 Å². The van der Waals surface area contributed by atoms with Gasteiger partial charge < -0.3 is 14.2 Å². The van der Waals surface area contributed by atoms with Crippen molar-refractivity contribution in [1.29, 1.82) is 0 Å². The van der Waals surface area contributed by atoms with Crippen LogP contribution in [0.15, 0.2) is 5.03 Å². The first kappa shape index (κ1) is 16.1. The average molecular weight is 371 g/mol. The molecular weight excluding hydrogens is 354 g/mol. The number of thioether (sulfide) groups is 1. The molecule has 130 valence electrons. The van der Waals surface area contributed by atoms with E-state index in [1.807, 2.05) is 4.90 Å². The zero-order chi connectivity index (χ0) is 16.7. The van der Waals surface area contributed by atoms with Gasteiger partial charge in [0.15, 0.2) is 11.1 Å². The van der Waals surface area contributed by atoms with Gasteiger partial charge in [-0.15, -0.1) is 4.37 Å². The number of hydrogen-bond donors (Lipinski definition) is 0. The molecule has 3 saturated heterocycles. The standard InChI is InChI=1S/C14H17N3O5S2/c1-2-3-6-23-11-10(15-24-16-11)20-9-8-4-5-17(7-8)14(9)21-12(18)13(19)22-14/h8-9H,2-7H2,1H3. The fourth-order valence-electron chi connectivity index (χ4n) is 3.35. The minimum Gasteiger partial charge on any atom is -0.461 e. The van der Waals surface area contributed by atoms with E-state index >= 15 is 0 Å². The van der Waals surface area contributed by atoms with Gasteiger partial charge in [0, 0.05) is 19.0 Å². The van der Waals surface area contributed by atoms with Crippen molar-refractivity contribution in [1.82, 2.24) is 13.6 Å². The lowest BCUT2D eigenvalue weighted by Crippen LogP contribution is -2.57. The Morgan fingerprint density at radius 1 is 1.38 bits per heavy atom. The largest absolute Gasteiger partial charge is 0.461 e. The molecule has 8 nitrogen and oxygen atoms in total. The second-order valence-electron chi connectivity index (χ2n) is 6.02. The Hall–Kier alpha value is -1.39. The SMILES string of the molecule is CCCCSc1nsnc1OC1C2CCN(C2)C12OC(=O)C(=O)O2. The van der Waals surface area contributed by atoms with Crippen LogP contribution in [0.1, 0.15) is 26.2 Å². The maximum absolute atomic E-state index is 11.6. The van der Waals surface area contributed by atoms with Crippen molar-refractivity contribution in [2.45, 2.75) is 43.2 Å². The van der Waals surface area contributed by atoms with Gasteiger partial charge in [0.1, 0.15) is 0 Å². The summed E-state index contributed by atoms with van der Waals surface area (Å²) in [7, 11) is 0. The van der Waals surface area contributed by atoms with E-state index in [2.05, 4.69) is 15.7 Å². The number of nitrogens with zero attached hydrogens (tertiary/aromatic N) is 3. The smallest absolute Gasteiger partial charge is 0.422 e. The van der Waals surface area contributed by atoms with Crippen LogP contribution in [-0.4, -0.2) is 56.4 Å². The number of carbonyl (C=O) groups is 2. The van der Waals surface area contributed by atoms with Crippen LogP contribution < -0.4 is 4.74 Å². The van der Waals surface area contributed by atoms with Gasteiger partial charge in [-0.25, -0.2) is 14.5 Å². The summed E-state index contributed by atoms with van der Waals surface area (Å²) in [5.74, 6) is -1.88.